The highest BCUT2D eigenvalue weighted by atomic mass is 32.2. The topological polar surface area (TPSA) is 0 Å². The van der Waals surface area contributed by atoms with Crippen molar-refractivity contribution in [3.8, 4) is 0 Å². The SMILES string of the molecule is C=CC=CC1C(=C)SC=C1S. The summed E-state index contributed by atoms with van der Waals surface area (Å²) in [5.74, 6) is 0.293. The highest BCUT2D eigenvalue weighted by Crippen LogP contribution is 2.40. The fourth-order valence-electron chi connectivity index (χ4n) is 0.843. The van der Waals surface area contributed by atoms with E-state index in [0.717, 1.165) is 9.81 Å². The largest absolute Gasteiger partial charge is 0.146 e. The first-order valence-electron chi connectivity index (χ1n) is 3.29. The third-order valence-electron chi connectivity index (χ3n) is 1.44. The lowest BCUT2D eigenvalue weighted by Crippen LogP contribution is -1.90. The first-order valence-corrected chi connectivity index (χ1v) is 4.62. The summed E-state index contributed by atoms with van der Waals surface area (Å²) in [6, 6.07) is 0. The van der Waals surface area contributed by atoms with Crippen LogP contribution in [0.1, 0.15) is 0 Å². The third kappa shape index (κ3) is 2.04. The van der Waals surface area contributed by atoms with Gasteiger partial charge in [-0.3, -0.25) is 0 Å². The second kappa shape index (κ2) is 3.88. The van der Waals surface area contributed by atoms with Crippen molar-refractivity contribution in [2.45, 2.75) is 0 Å². The lowest BCUT2D eigenvalue weighted by Gasteiger charge is -2.04. The minimum Gasteiger partial charge on any atom is -0.146 e. The maximum absolute atomic E-state index is 4.31. The van der Waals surface area contributed by atoms with Gasteiger partial charge >= 0.3 is 0 Å². The van der Waals surface area contributed by atoms with Crippen LogP contribution in [-0.2, 0) is 0 Å². The average Bonchev–Trinajstić information content (AvgIpc) is 2.29. The Hall–Kier alpha value is -0.340. The lowest BCUT2D eigenvalue weighted by molar-refractivity contribution is 1.05. The number of rotatable bonds is 2. The normalized spacial score (nSPS) is 24.3. The molecule has 0 aliphatic carbocycles. The molecule has 0 saturated heterocycles. The summed E-state index contributed by atoms with van der Waals surface area (Å²) in [5, 5.41) is 2.02. The van der Waals surface area contributed by atoms with Crippen molar-refractivity contribution in [1.29, 1.82) is 0 Å². The Labute approximate surface area is 77.2 Å². The predicted molar refractivity (Wildman–Crippen MR) is 56.6 cm³/mol. The molecule has 0 aromatic carbocycles. The van der Waals surface area contributed by atoms with Gasteiger partial charge in [-0.15, -0.1) is 24.4 Å². The molecule has 0 aromatic heterocycles. The van der Waals surface area contributed by atoms with Crippen molar-refractivity contribution in [1.82, 2.24) is 0 Å². The van der Waals surface area contributed by atoms with Crippen molar-refractivity contribution in [3.05, 3.63) is 46.6 Å². The molecule has 0 nitrogen and oxygen atoms in total. The number of thiol groups is 1. The third-order valence-corrected chi connectivity index (χ3v) is 2.95. The Bertz CT molecular complexity index is 236. The molecule has 0 N–H and O–H groups in total. The number of hydrogen-bond donors (Lipinski definition) is 1. The van der Waals surface area contributed by atoms with E-state index >= 15 is 0 Å². The van der Waals surface area contributed by atoms with Crippen LogP contribution in [0.3, 0.4) is 0 Å². The van der Waals surface area contributed by atoms with Gasteiger partial charge in [0.25, 0.3) is 0 Å². The molecule has 0 bridgehead atoms. The molecular formula is C9H10S2. The van der Waals surface area contributed by atoms with Gasteiger partial charge in [0, 0.05) is 10.8 Å². The van der Waals surface area contributed by atoms with E-state index in [1.807, 2.05) is 17.6 Å². The monoisotopic (exact) mass is 182 g/mol. The fourth-order valence-corrected chi connectivity index (χ4v) is 2.10. The van der Waals surface area contributed by atoms with Crippen LogP contribution in [0.15, 0.2) is 46.6 Å². The summed E-state index contributed by atoms with van der Waals surface area (Å²) in [6.45, 7) is 7.52. The average molecular weight is 182 g/mol. The van der Waals surface area contributed by atoms with Crippen LogP contribution < -0.4 is 0 Å². The van der Waals surface area contributed by atoms with E-state index in [1.165, 1.54) is 0 Å². The van der Waals surface area contributed by atoms with E-state index in [-0.39, 0.29) is 0 Å². The molecule has 1 rings (SSSR count). The molecule has 58 valence electrons. The van der Waals surface area contributed by atoms with E-state index in [4.69, 9.17) is 0 Å². The van der Waals surface area contributed by atoms with Crippen LogP contribution in [0.2, 0.25) is 0 Å². The first-order chi connectivity index (χ1) is 5.25. The van der Waals surface area contributed by atoms with Gasteiger partial charge in [0.2, 0.25) is 0 Å². The second-order valence-electron chi connectivity index (χ2n) is 2.23. The molecule has 0 amide bonds. The van der Waals surface area contributed by atoms with Gasteiger partial charge in [-0.2, -0.15) is 0 Å². The summed E-state index contributed by atoms with van der Waals surface area (Å²) in [5.41, 5.74) is 0. The van der Waals surface area contributed by atoms with Gasteiger partial charge in [-0.1, -0.05) is 31.4 Å². The van der Waals surface area contributed by atoms with Gasteiger partial charge in [0.15, 0.2) is 0 Å². The van der Waals surface area contributed by atoms with Crippen LogP contribution in [0, 0.1) is 5.92 Å². The molecule has 11 heavy (non-hydrogen) atoms. The minimum absolute atomic E-state index is 0.293. The summed E-state index contributed by atoms with van der Waals surface area (Å²) >= 11 is 5.96. The van der Waals surface area contributed by atoms with Gasteiger partial charge in [0.1, 0.15) is 0 Å². The Kier molecular flexibility index (Phi) is 3.09. The van der Waals surface area contributed by atoms with Crippen LogP contribution in [0.5, 0.6) is 0 Å². The lowest BCUT2D eigenvalue weighted by atomic mass is 10.1. The highest BCUT2D eigenvalue weighted by molar-refractivity contribution is 8.07. The Morgan fingerprint density at radius 2 is 2.36 bits per heavy atom. The number of allylic oxidation sites excluding steroid dienone is 5. The molecule has 0 spiro atoms. The molecule has 1 unspecified atom stereocenters. The molecule has 1 atom stereocenters. The smallest absolute Gasteiger partial charge is 0.0392 e. The zero-order chi connectivity index (χ0) is 8.27. The molecule has 0 saturated carbocycles. The van der Waals surface area contributed by atoms with Crippen LogP contribution in [0.4, 0.5) is 0 Å². The van der Waals surface area contributed by atoms with Crippen molar-refractivity contribution in [3.63, 3.8) is 0 Å². The van der Waals surface area contributed by atoms with E-state index in [2.05, 4.69) is 25.8 Å². The quantitative estimate of drug-likeness (QED) is 0.504. The van der Waals surface area contributed by atoms with E-state index in [9.17, 15) is 0 Å². The molecular weight excluding hydrogens is 172 g/mol. The van der Waals surface area contributed by atoms with Crippen LogP contribution in [-0.4, -0.2) is 0 Å². The highest BCUT2D eigenvalue weighted by Gasteiger charge is 2.17. The second-order valence-corrected chi connectivity index (χ2v) is 3.74. The maximum atomic E-state index is 4.31. The predicted octanol–water partition coefficient (Wildman–Crippen LogP) is 3.38. The van der Waals surface area contributed by atoms with Crippen LogP contribution >= 0.6 is 24.4 Å². The molecule has 1 aliphatic rings. The van der Waals surface area contributed by atoms with Gasteiger partial charge in [-0.05, 0) is 10.3 Å². The van der Waals surface area contributed by atoms with Crippen molar-refractivity contribution in [2.24, 2.45) is 5.92 Å². The molecule has 0 radical (unpaired) electrons. The Morgan fingerprint density at radius 3 is 2.82 bits per heavy atom. The van der Waals surface area contributed by atoms with Gasteiger partial charge in [-0.25, -0.2) is 0 Å². The molecule has 0 aromatic rings. The summed E-state index contributed by atoms with van der Waals surface area (Å²) in [7, 11) is 0. The Balaban J connectivity index is 2.70. The van der Waals surface area contributed by atoms with Gasteiger partial charge < -0.3 is 0 Å². The molecule has 1 heterocycles. The van der Waals surface area contributed by atoms with Crippen molar-refractivity contribution >= 4 is 24.4 Å². The Morgan fingerprint density at radius 1 is 1.64 bits per heavy atom. The fraction of sp³-hybridized carbons (Fsp3) is 0.111. The molecule has 2 heteroatoms. The van der Waals surface area contributed by atoms with E-state index in [1.54, 1.807) is 17.8 Å². The van der Waals surface area contributed by atoms with E-state index < -0.39 is 0 Å². The van der Waals surface area contributed by atoms with Gasteiger partial charge in [0.05, 0.1) is 0 Å². The standard InChI is InChI=1S/C9H10S2/c1-3-4-5-8-7(2)11-6-9(8)10/h3-6,8,10H,1-2H2. The molecule has 0 fully saturated rings. The zero-order valence-electron chi connectivity index (χ0n) is 6.16. The minimum atomic E-state index is 0.293. The number of thioether (sulfide) groups is 1. The van der Waals surface area contributed by atoms with Crippen molar-refractivity contribution < 1.29 is 0 Å². The summed E-state index contributed by atoms with van der Waals surface area (Å²) < 4.78 is 0. The van der Waals surface area contributed by atoms with E-state index in [0.29, 0.717) is 5.92 Å². The molecule has 1 aliphatic heterocycles. The summed E-state index contributed by atoms with van der Waals surface area (Å²) in [6.07, 6.45) is 5.73. The van der Waals surface area contributed by atoms with Crippen molar-refractivity contribution in [2.75, 3.05) is 0 Å². The maximum Gasteiger partial charge on any atom is 0.0392 e. The number of hydrogen-bond acceptors (Lipinski definition) is 2. The summed E-state index contributed by atoms with van der Waals surface area (Å²) in [4.78, 5) is 2.20. The zero-order valence-corrected chi connectivity index (χ0v) is 7.87. The first kappa shape index (κ1) is 8.75. The van der Waals surface area contributed by atoms with Crippen LogP contribution in [0.25, 0.3) is 0 Å².